The molecule has 11 N–H and O–H groups in total. The van der Waals surface area contributed by atoms with Gasteiger partial charge in [0.2, 0.25) is 23.8 Å². The maximum atomic E-state index is 15.0. The largest absolute Gasteiger partial charge is 1.00 e. The number of carbonyl (C=O) groups is 6. The number of fused-ring (bicyclic) bond motifs is 4. The van der Waals surface area contributed by atoms with Crippen molar-refractivity contribution in [1.29, 1.82) is 0 Å². The van der Waals surface area contributed by atoms with Crippen LogP contribution < -0.4 is 242 Å². The van der Waals surface area contributed by atoms with Crippen LogP contribution in [0.25, 0.3) is 11.1 Å². The summed E-state index contributed by atoms with van der Waals surface area (Å²) in [5.41, 5.74) is 14.1. The van der Waals surface area contributed by atoms with Gasteiger partial charge in [-0.2, -0.15) is 45.1 Å². The van der Waals surface area contributed by atoms with Gasteiger partial charge in [-0.1, -0.05) is 122 Å². The van der Waals surface area contributed by atoms with Crippen LogP contribution in [0.15, 0.2) is 214 Å². The van der Waals surface area contributed by atoms with E-state index in [-0.39, 0.29) is 331 Å². The van der Waals surface area contributed by atoms with E-state index in [9.17, 15) is 65.7 Å². The van der Waals surface area contributed by atoms with Crippen molar-refractivity contribution in [2.24, 2.45) is 39.4 Å². The van der Waals surface area contributed by atoms with Gasteiger partial charge in [0, 0.05) is 99.7 Å². The molecule has 9 unspecified atom stereocenters. The fourth-order valence-electron chi connectivity index (χ4n) is 17.4. The quantitative estimate of drug-likeness (QED) is 0.00321. The van der Waals surface area contributed by atoms with Crippen LogP contribution in [-0.2, 0) is 57.9 Å². The zero-order chi connectivity index (χ0) is 84.9. The Hall–Kier alpha value is -5.40. The van der Waals surface area contributed by atoms with Gasteiger partial charge in [-0.15, -0.1) is 6.07 Å². The van der Waals surface area contributed by atoms with Gasteiger partial charge < -0.3 is 78.0 Å². The Morgan fingerprint density at radius 1 is 0.567 bits per heavy atom. The Morgan fingerprint density at radius 3 is 1.65 bits per heavy atom. The van der Waals surface area contributed by atoms with Crippen molar-refractivity contribution in [3.05, 3.63) is 219 Å². The number of anilines is 7. The number of Topliss-reactive ketones (excluding diaryl/α,β-unsaturated/α-hetero) is 4. The minimum atomic E-state index is -5.40. The molecule has 6 aliphatic carbocycles. The third-order valence-corrected chi connectivity index (χ3v) is 26.0. The summed E-state index contributed by atoms with van der Waals surface area (Å²) in [6.45, 7) is 0. The van der Waals surface area contributed by atoms with Crippen molar-refractivity contribution in [2.45, 2.75) is 113 Å². The molecule has 0 spiro atoms. The second-order valence-electron chi connectivity index (χ2n) is 29.6. The molecule has 0 saturated heterocycles. The molecule has 3 aliphatic heterocycles. The summed E-state index contributed by atoms with van der Waals surface area (Å²) in [4.78, 5) is 112. The molecule has 7 aromatic rings. The number of likely N-dealkylation sites (N-methyl/N-ethyl adjacent to an activating group) is 2. The van der Waals surface area contributed by atoms with Crippen LogP contribution in [-0.4, -0.2) is 142 Å². The first-order chi connectivity index (χ1) is 58.2. The SMILES string of the molecule is CN1C(=O)C(C(=O)c2cccc(S(=O)(=O)[O-])c2)=C2c3ccccc3C(=O)C3=C(Nc4cc(NC5=NC(NC6CCCC(CC7CCCC(Nc8nc(N)nc(Nc9cc(NC%10=C%11C(=O)c%12ccccc%12C%12=C(C(=O)c%13cccc(SOO[O-])c%13)C(=O)N(C)C(C=C%10)C%11%12)c(SOO[O-])cc9S(=O)(=O)[O-])n8)C7)C6)NC(N)=N5)[c-]cc4SOO[O-])C=CC1C32.[Na+].[Na+].[Na+].[Na+].[Na+].[Na+]. The fraction of sp³-hybridized carbons (Fsp3) is 0.253. The van der Waals surface area contributed by atoms with E-state index < -0.39 is 101 Å². The normalized spacial score (nSPS) is 21.4. The summed E-state index contributed by atoms with van der Waals surface area (Å²) in [5.74, 6) is -5.63. The molecule has 6 aromatic carbocycles. The zero-order valence-electron chi connectivity index (χ0n) is 69.3. The van der Waals surface area contributed by atoms with Gasteiger partial charge in [0.25, 0.3) is 11.8 Å². The Bertz CT molecular complexity index is 6040. The molecule has 0 radical (unpaired) electrons. The summed E-state index contributed by atoms with van der Waals surface area (Å²) < 4.78 is 90.0. The van der Waals surface area contributed by atoms with E-state index in [0.29, 0.717) is 52.4 Å². The van der Waals surface area contributed by atoms with Gasteiger partial charge in [0.1, 0.15) is 20.2 Å². The van der Waals surface area contributed by atoms with E-state index in [0.717, 1.165) is 69.6 Å². The number of rotatable bonds is 28. The number of amides is 2. The number of nitrogens with two attached hydrogens (primary N) is 2. The van der Waals surface area contributed by atoms with Crippen LogP contribution in [0.2, 0.25) is 0 Å². The Kier molecular flexibility index (Phi) is 36.4. The Balaban J connectivity index is 0.00000280. The van der Waals surface area contributed by atoms with Gasteiger partial charge in [-0.3, -0.25) is 49.2 Å². The third kappa shape index (κ3) is 22.3. The monoisotopic (exact) mass is 1870 g/mol. The molecule has 48 heteroatoms. The predicted molar refractivity (Wildman–Crippen MR) is 428 cm³/mol. The number of allylic oxidation sites excluding steroid dienone is 2. The average molecular weight is 1880 g/mol. The minimum absolute atomic E-state index is 0. The van der Waals surface area contributed by atoms with E-state index in [2.05, 4.69) is 87.0 Å². The smallest absolute Gasteiger partial charge is 0.744 e. The molecule has 16 rings (SSSR count). The number of benzene rings is 6. The number of guanidine groups is 2. The van der Waals surface area contributed by atoms with Gasteiger partial charge >= 0.3 is 177 Å². The topological polar surface area (TPSA) is 548 Å². The maximum absolute atomic E-state index is 15.0. The number of ketones is 4. The van der Waals surface area contributed by atoms with Gasteiger partial charge in [-0.05, 0) is 120 Å². The fourth-order valence-corrected chi connectivity index (χ4v) is 19.9. The number of hydrogen-bond donors (Lipinski definition) is 9. The number of aromatic nitrogens is 3. The van der Waals surface area contributed by atoms with Crippen molar-refractivity contribution < 1.29 is 276 Å². The Morgan fingerprint density at radius 2 is 1.09 bits per heavy atom. The number of nitrogens with one attached hydrogen (secondary N) is 7. The van der Waals surface area contributed by atoms with Gasteiger partial charge in [-0.25, -0.2) is 21.8 Å². The van der Waals surface area contributed by atoms with Crippen molar-refractivity contribution in [3.63, 3.8) is 0 Å². The van der Waals surface area contributed by atoms with Crippen LogP contribution in [0.1, 0.15) is 110 Å². The summed E-state index contributed by atoms with van der Waals surface area (Å²) in [7, 11) is -7.44. The third-order valence-electron chi connectivity index (χ3n) is 22.4. The number of hydrogen-bond acceptors (Lipinski definition) is 38. The molecule has 127 heavy (non-hydrogen) atoms. The molecule has 9 atom stereocenters. The standard InChI is InChI=1S/C79H73N16O21S5.6Na/c1-94-56-27-25-51(63-64(56)60(46-19-3-5-21-48(46)71(63)99)66(72(94)100)68(96)39-13-9-17-44(32-39)117-114-111-102)86-53-35-54(59(121(108,109)110)36-58(53)119-116-113-104)87-79-91-75(81)90-77(93-79)83-42-16-8-12-38(31-42)29-37-11-7-15-41(30-37)82-76-88-74(80)89-78(92-76)84-43-23-28-57(118-115-112-103)52(34-43)85-50-24-26-55-65-61(47-20-4-6-22-49(47)70(98)62(50)65)67(73(101)95(55)2)69(97)40-14-10-18-45(33-40)120(105,106)107;;;;;;/h3-6,9-10,13-14,17-22,24-28,32-38,41-42,55-56,64-65,76,82,85-86,102-104H,7-8,11-12,15-16,29-31H2,1-2H3,(H,105,106,107)(H,108,109,110)(H4,80,84,88,89,92)(H4,81,83,87,90,91,93);;;;;;/q-1;6*+1/p-5. The molecule has 1 aromatic heterocycles. The zero-order valence-corrected chi connectivity index (χ0v) is 85.4. The molecule has 4 heterocycles. The molecule has 2 amide bonds. The second kappa shape index (κ2) is 44.6. The minimum Gasteiger partial charge on any atom is -0.744 e. The molecular weight excluding hydrogens is 1810 g/mol. The number of nitrogen functional groups attached to an aromatic ring is 1. The number of nitrogens with zero attached hydrogens (tertiary/aromatic N) is 7. The van der Waals surface area contributed by atoms with E-state index in [4.69, 9.17) is 20.8 Å². The van der Waals surface area contributed by atoms with Gasteiger partial charge in [0.05, 0.1) is 73.4 Å². The molecule has 626 valence electrons. The summed E-state index contributed by atoms with van der Waals surface area (Å²) in [6, 6.07) is 29.8. The van der Waals surface area contributed by atoms with E-state index in [1.54, 1.807) is 78.9 Å². The summed E-state index contributed by atoms with van der Waals surface area (Å²) in [5, 5.41) is 66.8. The van der Waals surface area contributed by atoms with E-state index in [1.807, 2.05) is 0 Å². The molecule has 2 saturated carbocycles. The van der Waals surface area contributed by atoms with Gasteiger partial charge in [0.15, 0.2) is 35.4 Å². The molecule has 9 aliphatic rings. The van der Waals surface area contributed by atoms with Crippen LogP contribution in [0.5, 0.6) is 0 Å². The maximum Gasteiger partial charge on any atom is 1.00 e. The van der Waals surface area contributed by atoms with Crippen molar-refractivity contribution in [3.8, 4) is 0 Å². The van der Waals surface area contributed by atoms with Crippen LogP contribution in [0, 0.1) is 29.7 Å². The van der Waals surface area contributed by atoms with Crippen molar-refractivity contribution in [2.75, 3.05) is 46.4 Å². The average Bonchev–Trinajstić information content (AvgIpc) is 0.709. The van der Waals surface area contributed by atoms with Crippen molar-refractivity contribution in [1.82, 2.24) is 35.4 Å². The molecular formula is C79H68N16Na6O21S5. The number of carbonyl (C=O) groups excluding carboxylic acids is 6. The first-order valence-corrected chi connectivity index (χ1v) is 42.6. The number of aliphatic imine (C=N–C) groups is 2. The van der Waals surface area contributed by atoms with E-state index in [1.165, 1.54) is 72.4 Å². The first-order valence-electron chi connectivity index (χ1n) is 37.5. The van der Waals surface area contributed by atoms with Crippen LogP contribution in [0.3, 0.4) is 0 Å². The molecule has 2 fully saturated rings. The van der Waals surface area contributed by atoms with Crippen LogP contribution >= 0.6 is 36.1 Å². The summed E-state index contributed by atoms with van der Waals surface area (Å²) in [6.07, 6.45) is 13.4. The van der Waals surface area contributed by atoms with E-state index >= 15 is 4.79 Å². The Labute approximate surface area is 872 Å². The second-order valence-corrected chi connectivity index (χ2v) is 34.5. The molecule has 0 bridgehead atoms. The van der Waals surface area contributed by atoms with Crippen molar-refractivity contribution >= 4 is 155 Å². The predicted octanol–water partition coefficient (Wildman–Crippen LogP) is -11.8. The van der Waals surface area contributed by atoms with Crippen LogP contribution in [0.4, 0.5) is 40.6 Å². The first kappa shape index (κ1) is 104. The molecule has 37 nitrogen and oxygen atoms in total. The summed E-state index contributed by atoms with van der Waals surface area (Å²) >= 11 is 1.32.